The van der Waals surface area contributed by atoms with Gasteiger partial charge in [0.15, 0.2) is 0 Å². The molecule has 0 amide bonds. The van der Waals surface area contributed by atoms with Crippen LogP contribution in [0.5, 0.6) is 0 Å². The van der Waals surface area contributed by atoms with E-state index in [4.69, 9.17) is 25.8 Å². The van der Waals surface area contributed by atoms with Crippen LogP contribution < -0.4 is 5.32 Å². The molecule has 0 radical (unpaired) electrons. The molecule has 5 nitrogen and oxygen atoms in total. The van der Waals surface area contributed by atoms with E-state index in [1.807, 2.05) is 0 Å². The van der Waals surface area contributed by atoms with Gasteiger partial charge in [0.05, 0.1) is 18.8 Å². The van der Waals surface area contributed by atoms with Crippen LogP contribution in [0.3, 0.4) is 0 Å². The Morgan fingerprint density at radius 1 is 1.35 bits per heavy atom. The van der Waals surface area contributed by atoms with Crippen molar-refractivity contribution in [2.75, 3.05) is 13.2 Å². The molecule has 0 aliphatic rings. The highest BCUT2D eigenvalue weighted by molar-refractivity contribution is 7.61. The summed E-state index contributed by atoms with van der Waals surface area (Å²) in [5.74, 6) is 0. The van der Waals surface area contributed by atoms with Crippen molar-refractivity contribution in [1.82, 2.24) is 5.32 Å². The summed E-state index contributed by atoms with van der Waals surface area (Å²) < 4.78 is 22.9. The molecular formula is C10H21ClNO4P. The second-order valence-corrected chi connectivity index (χ2v) is 6.52. The van der Waals surface area contributed by atoms with E-state index in [9.17, 15) is 4.57 Å². The Kier molecular flexibility index (Phi) is 8.09. The first kappa shape index (κ1) is 16.9. The summed E-state index contributed by atoms with van der Waals surface area (Å²) in [6, 6.07) is 0. The van der Waals surface area contributed by atoms with E-state index in [0.29, 0.717) is 6.54 Å². The lowest BCUT2D eigenvalue weighted by molar-refractivity contribution is 0.148. The number of hydrogen-bond donors (Lipinski definition) is 2. The highest BCUT2D eigenvalue weighted by atomic mass is 35.5. The number of hydrogen-bond acceptors (Lipinski definition) is 5. The highest BCUT2D eigenvalue weighted by Crippen LogP contribution is 2.59. The molecule has 0 saturated heterocycles. The molecule has 0 saturated carbocycles. The van der Waals surface area contributed by atoms with Crippen LogP contribution >= 0.6 is 19.2 Å². The van der Waals surface area contributed by atoms with Gasteiger partial charge in [-0.25, -0.2) is 0 Å². The summed E-state index contributed by atoms with van der Waals surface area (Å²) >= 11 is 5.92. The monoisotopic (exact) mass is 285 g/mol. The number of aliphatic hydroxyl groups is 1. The van der Waals surface area contributed by atoms with Gasteiger partial charge >= 0.3 is 7.60 Å². The fraction of sp³-hybridized carbons (Fsp3) is 0.800. The molecule has 0 atom stereocenters. The van der Waals surface area contributed by atoms with Gasteiger partial charge in [-0.3, -0.25) is 4.57 Å². The lowest BCUT2D eigenvalue weighted by atomic mass is 10.5. The number of aliphatic hydroxyl groups excluding tert-OH is 1. The predicted molar refractivity (Wildman–Crippen MR) is 69.1 cm³/mol. The summed E-state index contributed by atoms with van der Waals surface area (Å²) in [6.07, 6.45) is 0.808. The average molecular weight is 286 g/mol. The zero-order valence-corrected chi connectivity index (χ0v) is 12.3. The molecule has 0 fully saturated rings. The smallest absolute Gasteiger partial charge is 0.374 e. The van der Waals surface area contributed by atoms with Crippen molar-refractivity contribution < 1.29 is 18.7 Å². The van der Waals surface area contributed by atoms with E-state index in [1.165, 1.54) is 6.20 Å². The van der Waals surface area contributed by atoms with Gasteiger partial charge in [0, 0.05) is 12.7 Å². The Hall–Kier alpha value is -0.0600. The lowest BCUT2D eigenvalue weighted by Gasteiger charge is -2.22. The van der Waals surface area contributed by atoms with E-state index in [2.05, 4.69) is 5.32 Å². The summed E-state index contributed by atoms with van der Waals surface area (Å²) in [6.45, 7) is 7.28. The van der Waals surface area contributed by atoms with Gasteiger partial charge in [-0.05, 0) is 27.7 Å². The van der Waals surface area contributed by atoms with Crippen LogP contribution in [0.2, 0.25) is 0 Å². The second kappa shape index (κ2) is 8.11. The molecule has 0 aromatic heterocycles. The topological polar surface area (TPSA) is 67.8 Å². The standard InChI is InChI=1S/C10H21ClNO4P/c1-8(2)15-17(14,16-9(3)4)10(11)7-12-5-6-13/h7-9,12-13H,5-6H2,1-4H3/b10-7+. The molecule has 0 rings (SSSR count). The van der Waals surface area contributed by atoms with Crippen LogP contribution in [0.1, 0.15) is 27.7 Å². The Morgan fingerprint density at radius 2 is 1.82 bits per heavy atom. The molecule has 0 heterocycles. The third-order valence-corrected chi connectivity index (χ3v) is 4.22. The van der Waals surface area contributed by atoms with Crippen LogP contribution in [0.15, 0.2) is 11.0 Å². The van der Waals surface area contributed by atoms with Crippen LogP contribution in [-0.2, 0) is 13.6 Å². The van der Waals surface area contributed by atoms with Crippen LogP contribution in [0, 0.1) is 0 Å². The van der Waals surface area contributed by atoms with Crippen LogP contribution in [0.25, 0.3) is 0 Å². The third kappa shape index (κ3) is 7.06. The van der Waals surface area contributed by atoms with Gasteiger partial charge in [-0.2, -0.15) is 0 Å². The van der Waals surface area contributed by atoms with E-state index in [0.717, 1.165) is 0 Å². The van der Waals surface area contributed by atoms with Crippen molar-refractivity contribution >= 4 is 19.2 Å². The molecule has 0 aromatic rings. The first-order valence-corrected chi connectivity index (χ1v) is 7.41. The van der Waals surface area contributed by atoms with E-state index in [1.54, 1.807) is 27.7 Å². The quantitative estimate of drug-likeness (QED) is 0.530. The number of rotatable bonds is 8. The Morgan fingerprint density at radius 3 is 2.18 bits per heavy atom. The van der Waals surface area contributed by atoms with E-state index in [-0.39, 0.29) is 23.6 Å². The average Bonchev–Trinajstić information content (AvgIpc) is 2.15. The van der Waals surface area contributed by atoms with Gasteiger partial charge in [-0.15, -0.1) is 0 Å². The molecule has 0 spiro atoms. The van der Waals surface area contributed by atoms with Crippen molar-refractivity contribution in [2.45, 2.75) is 39.9 Å². The molecule has 0 aliphatic heterocycles. The minimum Gasteiger partial charge on any atom is -0.395 e. The molecule has 0 bridgehead atoms. The van der Waals surface area contributed by atoms with Gasteiger partial charge in [0.25, 0.3) is 0 Å². The number of nitrogens with one attached hydrogen (secondary N) is 1. The Balaban J connectivity index is 4.77. The predicted octanol–water partition coefficient (Wildman–Crippen LogP) is 2.65. The summed E-state index contributed by atoms with van der Waals surface area (Å²) in [7, 11) is -3.48. The van der Waals surface area contributed by atoms with Crippen molar-refractivity contribution in [2.24, 2.45) is 0 Å². The molecule has 0 aliphatic carbocycles. The summed E-state index contributed by atoms with van der Waals surface area (Å²) in [4.78, 5) is 0. The molecular weight excluding hydrogens is 265 g/mol. The van der Waals surface area contributed by atoms with Crippen LogP contribution in [0.4, 0.5) is 0 Å². The fourth-order valence-electron chi connectivity index (χ4n) is 0.981. The second-order valence-electron chi connectivity index (χ2n) is 3.95. The first-order chi connectivity index (χ1) is 7.81. The van der Waals surface area contributed by atoms with Gasteiger partial charge in [0.2, 0.25) is 0 Å². The Labute approximate surface area is 108 Å². The van der Waals surface area contributed by atoms with Gasteiger partial charge in [-0.1, -0.05) is 11.6 Å². The fourth-order valence-corrected chi connectivity index (χ4v) is 2.91. The highest BCUT2D eigenvalue weighted by Gasteiger charge is 2.31. The molecule has 0 aromatic carbocycles. The maximum Gasteiger partial charge on any atom is 0.374 e. The largest absolute Gasteiger partial charge is 0.395 e. The van der Waals surface area contributed by atoms with Crippen molar-refractivity contribution in [3.63, 3.8) is 0 Å². The normalized spacial score (nSPS) is 13.5. The molecule has 17 heavy (non-hydrogen) atoms. The third-order valence-electron chi connectivity index (χ3n) is 1.44. The van der Waals surface area contributed by atoms with Crippen LogP contribution in [-0.4, -0.2) is 30.5 Å². The molecule has 2 N–H and O–H groups in total. The maximum atomic E-state index is 12.4. The zero-order chi connectivity index (χ0) is 13.5. The van der Waals surface area contributed by atoms with E-state index >= 15 is 0 Å². The molecule has 0 unspecified atom stereocenters. The van der Waals surface area contributed by atoms with Crippen molar-refractivity contribution in [1.29, 1.82) is 0 Å². The maximum absolute atomic E-state index is 12.4. The van der Waals surface area contributed by atoms with Crippen molar-refractivity contribution in [3.05, 3.63) is 11.0 Å². The lowest BCUT2D eigenvalue weighted by Crippen LogP contribution is -2.13. The number of halogens is 1. The minimum atomic E-state index is -3.48. The van der Waals surface area contributed by atoms with Gasteiger partial charge < -0.3 is 19.5 Å². The zero-order valence-electron chi connectivity index (χ0n) is 10.6. The van der Waals surface area contributed by atoms with E-state index < -0.39 is 7.60 Å². The molecule has 102 valence electrons. The Bertz CT molecular complexity index is 280. The minimum absolute atomic E-state index is 0.0200. The SMILES string of the molecule is CC(C)OP(=O)(OC(C)C)/C(Cl)=C/NCCO. The van der Waals surface area contributed by atoms with Crippen molar-refractivity contribution in [3.8, 4) is 0 Å². The summed E-state index contributed by atoms with van der Waals surface area (Å²) in [5.41, 5.74) is 0. The van der Waals surface area contributed by atoms with Gasteiger partial charge in [0.1, 0.15) is 4.77 Å². The molecule has 7 heteroatoms. The summed E-state index contributed by atoms with van der Waals surface area (Å²) in [5, 5.41) is 11.3. The first-order valence-electron chi connectivity index (χ1n) is 5.49.